The lowest BCUT2D eigenvalue weighted by Crippen LogP contribution is -2.27. The zero-order valence-corrected chi connectivity index (χ0v) is 11.8. The Labute approximate surface area is 117 Å². The van der Waals surface area contributed by atoms with Crippen LogP contribution in [0.2, 0.25) is 5.02 Å². The van der Waals surface area contributed by atoms with Crippen molar-refractivity contribution in [3.63, 3.8) is 0 Å². The van der Waals surface area contributed by atoms with E-state index in [1.54, 1.807) is 6.07 Å². The van der Waals surface area contributed by atoms with Gasteiger partial charge in [0.2, 0.25) is 0 Å². The van der Waals surface area contributed by atoms with Gasteiger partial charge in [-0.2, -0.15) is 0 Å². The summed E-state index contributed by atoms with van der Waals surface area (Å²) in [4.78, 5) is 0. The molecular formula is C15H17ClFNO. The molecule has 0 radical (unpaired) electrons. The highest BCUT2D eigenvalue weighted by atomic mass is 35.5. The molecule has 0 saturated heterocycles. The molecule has 1 N–H and O–H groups in total. The van der Waals surface area contributed by atoms with Crippen LogP contribution in [0.25, 0.3) is 11.3 Å². The maximum Gasteiger partial charge on any atom is 0.142 e. The molecule has 2 nitrogen and oxygen atoms in total. The molecule has 1 unspecified atom stereocenters. The molecule has 1 aromatic heterocycles. The average molecular weight is 282 g/mol. The lowest BCUT2D eigenvalue weighted by Gasteiger charge is -2.09. The van der Waals surface area contributed by atoms with Crippen molar-refractivity contribution in [2.24, 2.45) is 0 Å². The second-order valence-electron chi connectivity index (χ2n) is 4.56. The number of nitrogens with one attached hydrogen (secondary N) is 1. The third-order valence-corrected chi connectivity index (χ3v) is 3.23. The Morgan fingerprint density at radius 3 is 2.79 bits per heavy atom. The number of hydrogen-bond acceptors (Lipinski definition) is 2. The van der Waals surface area contributed by atoms with Gasteiger partial charge < -0.3 is 9.73 Å². The third kappa shape index (κ3) is 3.58. The van der Waals surface area contributed by atoms with Crippen molar-refractivity contribution in [2.45, 2.75) is 26.3 Å². The summed E-state index contributed by atoms with van der Waals surface area (Å²) >= 11 is 5.66. The molecule has 2 aromatic rings. The van der Waals surface area contributed by atoms with Gasteiger partial charge in [-0.05, 0) is 43.8 Å². The molecule has 1 heterocycles. The molecule has 2 rings (SSSR count). The minimum absolute atomic E-state index is 0.122. The molecule has 1 atom stereocenters. The Balaban J connectivity index is 2.14. The van der Waals surface area contributed by atoms with Crippen LogP contribution in [0.15, 0.2) is 34.7 Å². The molecule has 0 bridgehead atoms. The molecule has 1 aromatic carbocycles. The zero-order valence-electron chi connectivity index (χ0n) is 11.0. The van der Waals surface area contributed by atoms with Crippen molar-refractivity contribution in [1.82, 2.24) is 5.32 Å². The summed E-state index contributed by atoms with van der Waals surface area (Å²) in [6.45, 7) is 5.10. The molecule has 0 amide bonds. The highest BCUT2D eigenvalue weighted by Gasteiger charge is 2.09. The van der Waals surface area contributed by atoms with Gasteiger partial charge in [-0.3, -0.25) is 0 Å². The minimum Gasteiger partial charge on any atom is -0.461 e. The molecule has 102 valence electrons. The van der Waals surface area contributed by atoms with Gasteiger partial charge in [0.25, 0.3) is 0 Å². The van der Waals surface area contributed by atoms with Crippen LogP contribution < -0.4 is 5.32 Å². The summed E-state index contributed by atoms with van der Waals surface area (Å²) in [6, 6.07) is 8.81. The van der Waals surface area contributed by atoms with Gasteiger partial charge in [0.05, 0.1) is 5.02 Å². The predicted molar refractivity (Wildman–Crippen MR) is 76.0 cm³/mol. The second kappa shape index (κ2) is 6.22. The standard InChI is InChI=1S/C15H17ClFNO/c1-3-18-10(2)8-12-5-7-15(19-12)11-4-6-13(16)14(17)9-11/h4-7,9-10,18H,3,8H2,1-2H3. The Hall–Kier alpha value is -1.32. The Bertz CT molecular complexity index is 553. The van der Waals surface area contributed by atoms with Crippen LogP contribution in [0, 0.1) is 5.82 Å². The maximum atomic E-state index is 13.4. The Morgan fingerprint density at radius 1 is 1.32 bits per heavy atom. The van der Waals surface area contributed by atoms with E-state index >= 15 is 0 Å². The van der Waals surface area contributed by atoms with E-state index in [4.69, 9.17) is 16.0 Å². The molecule has 0 aliphatic rings. The van der Waals surface area contributed by atoms with Gasteiger partial charge in [0, 0.05) is 18.0 Å². The molecule has 0 aliphatic carbocycles. The van der Waals surface area contributed by atoms with Crippen molar-refractivity contribution in [3.8, 4) is 11.3 Å². The summed E-state index contributed by atoms with van der Waals surface area (Å²) < 4.78 is 19.1. The van der Waals surface area contributed by atoms with E-state index in [1.807, 2.05) is 12.1 Å². The quantitative estimate of drug-likeness (QED) is 0.885. The zero-order chi connectivity index (χ0) is 13.8. The smallest absolute Gasteiger partial charge is 0.142 e. The number of rotatable bonds is 5. The largest absolute Gasteiger partial charge is 0.461 e. The first kappa shape index (κ1) is 14.1. The lowest BCUT2D eigenvalue weighted by molar-refractivity contribution is 0.470. The fourth-order valence-corrected chi connectivity index (χ4v) is 2.13. The van der Waals surface area contributed by atoms with Gasteiger partial charge in [0.1, 0.15) is 17.3 Å². The SMILES string of the molecule is CCNC(C)Cc1ccc(-c2ccc(Cl)c(F)c2)o1. The topological polar surface area (TPSA) is 25.2 Å². The Morgan fingerprint density at radius 2 is 2.11 bits per heavy atom. The van der Waals surface area contributed by atoms with E-state index in [-0.39, 0.29) is 5.02 Å². The molecule has 19 heavy (non-hydrogen) atoms. The number of hydrogen-bond donors (Lipinski definition) is 1. The second-order valence-corrected chi connectivity index (χ2v) is 4.96. The third-order valence-electron chi connectivity index (χ3n) is 2.93. The lowest BCUT2D eigenvalue weighted by atomic mass is 10.1. The molecule has 4 heteroatoms. The van der Waals surface area contributed by atoms with E-state index in [0.717, 1.165) is 18.7 Å². The van der Waals surface area contributed by atoms with Crippen molar-refractivity contribution < 1.29 is 8.81 Å². The number of benzene rings is 1. The predicted octanol–water partition coefficient (Wildman–Crippen LogP) is 4.28. The van der Waals surface area contributed by atoms with Gasteiger partial charge >= 0.3 is 0 Å². The molecular weight excluding hydrogens is 265 g/mol. The summed E-state index contributed by atoms with van der Waals surface area (Å²) in [5.41, 5.74) is 0.698. The fraction of sp³-hybridized carbons (Fsp3) is 0.333. The van der Waals surface area contributed by atoms with Crippen molar-refractivity contribution in [3.05, 3.63) is 46.9 Å². The molecule has 0 fully saturated rings. The summed E-state index contributed by atoms with van der Waals surface area (Å²) in [7, 11) is 0. The van der Waals surface area contributed by atoms with E-state index in [1.165, 1.54) is 12.1 Å². The first-order valence-corrected chi connectivity index (χ1v) is 6.75. The van der Waals surface area contributed by atoms with Crippen LogP contribution in [-0.4, -0.2) is 12.6 Å². The molecule has 0 aliphatic heterocycles. The van der Waals surface area contributed by atoms with Crippen molar-refractivity contribution >= 4 is 11.6 Å². The number of furan rings is 1. The van der Waals surface area contributed by atoms with Gasteiger partial charge in [-0.25, -0.2) is 4.39 Å². The summed E-state index contributed by atoms with van der Waals surface area (Å²) in [6.07, 6.45) is 0.809. The first-order valence-electron chi connectivity index (χ1n) is 6.37. The van der Waals surface area contributed by atoms with Gasteiger partial charge in [-0.15, -0.1) is 0 Å². The van der Waals surface area contributed by atoms with E-state index in [2.05, 4.69) is 19.2 Å². The van der Waals surface area contributed by atoms with E-state index in [0.29, 0.717) is 17.4 Å². The highest BCUT2D eigenvalue weighted by molar-refractivity contribution is 6.30. The fourth-order valence-electron chi connectivity index (χ4n) is 2.01. The summed E-state index contributed by atoms with van der Waals surface area (Å²) in [5.74, 6) is 1.12. The van der Waals surface area contributed by atoms with Crippen LogP contribution >= 0.6 is 11.6 Å². The van der Waals surface area contributed by atoms with Crippen LogP contribution in [0.1, 0.15) is 19.6 Å². The van der Waals surface area contributed by atoms with Crippen LogP contribution in [-0.2, 0) is 6.42 Å². The van der Waals surface area contributed by atoms with E-state index < -0.39 is 5.82 Å². The van der Waals surface area contributed by atoms with Crippen LogP contribution in [0.5, 0.6) is 0 Å². The van der Waals surface area contributed by atoms with Gasteiger partial charge in [0.15, 0.2) is 0 Å². The minimum atomic E-state index is -0.432. The number of likely N-dealkylation sites (N-methyl/N-ethyl adjacent to an activating group) is 1. The van der Waals surface area contributed by atoms with Crippen molar-refractivity contribution in [1.29, 1.82) is 0 Å². The highest BCUT2D eigenvalue weighted by Crippen LogP contribution is 2.26. The summed E-state index contributed by atoms with van der Waals surface area (Å²) in [5, 5.41) is 3.44. The van der Waals surface area contributed by atoms with Crippen molar-refractivity contribution in [2.75, 3.05) is 6.54 Å². The average Bonchev–Trinajstić information content (AvgIpc) is 2.81. The normalized spacial score (nSPS) is 12.6. The van der Waals surface area contributed by atoms with E-state index in [9.17, 15) is 4.39 Å². The van der Waals surface area contributed by atoms with Crippen LogP contribution in [0.3, 0.4) is 0 Å². The maximum absolute atomic E-state index is 13.4. The molecule has 0 saturated carbocycles. The monoisotopic (exact) mass is 281 g/mol. The first-order chi connectivity index (χ1) is 9.10. The molecule has 0 spiro atoms. The number of halogens is 2. The van der Waals surface area contributed by atoms with Crippen LogP contribution in [0.4, 0.5) is 4.39 Å². The van der Waals surface area contributed by atoms with Gasteiger partial charge in [-0.1, -0.05) is 18.5 Å². The Kier molecular flexibility index (Phi) is 4.61.